The summed E-state index contributed by atoms with van der Waals surface area (Å²) in [5, 5.41) is 27.1. The number of aryl methyl sites for hydroxylation is 1. The minimum Gasteiger partial charge on any atom is -0.545 e. The third kappa shape index (κ3) is 3.78. The Kier molecular flexibility index (Phi) is 5.04. The van der Waals surface area contributed by atoms with Gasteiger partial charge in [-0.05, 0) is 73.1 Å². The molecule has 1 aromatic heterocycles. The lowest BCUT2D eigenvalue weighted by molar-refractivity contribution is -0.255. The highest BCUT2D eigenvalue weighted by Gasteiger charge is 2.26. The third-order valence-corrected chi connectivity index (χ3v) is 4.56. The Balaban J connectivity index is 2.14. The molecule has 10 heteroatoms. The number of rotatable bonds is 4. The Morgan fingerprint density at radius 3 is 1.97 bits per heavy atom. The van der Waals surface area contributed by atoms with Crippen LogP contribution in [0.4, 0.5) is 0 Å². The summed E-state index contributed by atoms with van der Waals surface area (Å²) in [5.74, 6) is -4.38. The summed E-state index contributed by atoms with van der Waals surface area (Å²) < 4.78 is 1.59. The normalized spacial score (nSPS) is 13.7. The number of carbonyl (C=O) groups is 4. The van der Waals surface area contributed by atoms with Crippen molar-refractivity contribution < 1.29 is 29.4 Å². The number of hydrogen-bond acceptors (Lipinski definition) is 7. The van der Waals surface area contributed by atoms with Gasteiger partial charge in [0, 0.05) is 17.1 Å². The molecule has 1 aliphatic heterocycles. The highest BCUT2D eigenvalue weighted by atomic mass is 32.1. The van der Waals surface area contributed by atoms with Crippen molar-refractivity contribution in [3.05, 3.63) is 57.9 Å². The molecule has 2 heterocycles. The van der Waals surface area contributed by atoms with E-state index in [-0.39, 0.29) is 27.5 Å². The largest absolute Gasteiger partial charge is 0.545 e. The van der Waals surface area contributed by atoms with Crippen LogP contribution in [0.15, 0.2) is 29.8 Å². The zero-order chi connectivity index (χ0) is 21.5. The number of hydrogen-bond donors (Lipinski definition) is 2. The van der Waals surface area contributed by atoms with E-state index in [4.69, 9.17) is 12.2 Å². The average molecular weight is 411 g/mol. The zero-order valence-electron chi connectivity index (χ0n) is 15.2. The number of nitrogens with one attached hydrogen (secondary N) is 2. The zero-order valence-corrected chi connectivity index (χ0v) is 16.0. The molecule has 0 spiro atoms. The van der Waals surface area contributed by atoms with Crippen LogP contribution in [0.3, 0.4) is 0 Å². The number of amides is 2. The number of carboxylic acid groups (broad SMARTS) is 2. The Labute approximate surface area is 169 Å². The van der Waals surface area contributed by atoms with Gasteiger partial charge in [-0.25, -0.2) is 0 Å². The van der Waals surface area contributed by atoms with Gasteiger partial charge in [-0.3, -0.25) is 20.2 Å². The molecule has 2 N–H and O–H groups in total. The molecule has 29 heavy (non-hydrogen) atoms. The first-order chi connectivity index (χ1) is 13.6. The quantitative estimate of drug-likeness (QED) is 0.363. The minimum atomic E-state index is -1.54. The Bertz CT molecular complexity index is 1090. The first kappa shape index (κ1) is 20.0. The van der Waals surface area contributed by atoms with Crippen LogP contribution in [0.5, 0.6) is 0 Å². The molecular formula is C19H13N3O6S-2. The number of thiocarbonyl (C=S) groups is 1. The maximum absolute atomic E-state index is 12.1. The summed E-state index contributed by atoms with van der Waals surface area (Å²) in [6.45, 7) is 3.38. The van der Waals surface area contributed by atoms with Crippen molar-refractivity contribution >= 4 is 47.2 Å². The number of aromatic nitrogens is 1. The first-order valence-electron chi connectivity index (χ1n) is 8.24. The molecule has 1 aliphatic rings. The van der Waals surface area contributed by atoms with Gasteiger partial charge in [-0.2, -0.15) is 0 Å². The van der Waals surface area contributed by atoms with Crippen molar-refractivity contribution in [1.82, 2.24) is 15.2 Å². The minimum absolute atomic E-state index is 0.0865. The van der Waals surface area contributed by atoms with Crippen molar-refractivity contribution in [2.24, 2.45) is 0 Å². The highest BCUT2D eigenvalue weighted by Crippen LogP contribution is 2.25. The van der Waals surface area contributed by atoms with Gasteiger partial charge < -0.3 is 24.4 Å². The topological polar surface area (TPSA) is 143 Å². The molecule has 148 valence electrons. The number of carbonyl (C=O) groups excluding carboxylic acids is 4. The lowest BCUT2D eigenvalue weighted by Gasteiger charge is -2.16. The fraction of sp³-hybridized carbons (Fsp3) is 0.105. The van der Waals surface area contributed by atoms with Crippen LogP contribution < -0.4 is 20.8 Å². The molecule has 2 aromatic rings. The molecule has 0 unspecified atom stereocenters. The fourth-order valence-electron chi connectivity index (χ4n) is 3.07. The van der Waals surface area contributed by atoms with Crippen molar-refractivity contribution in [2.75, 3.05) is 0 Å². The summed E-state index contributed by atoms with van der Waals surface area (Å²) in [7, 11) is 0. The van der Waals surface area contributed by atoms with Crippen LogP contribution in [0.25, 0.3) is 11.8 Å². The summed E-state index contributed by atoms with van der Waals surface area (Å²) in [6.07, 6.45) is 1.37. The van der Waals surface area contributed by atoms with Crippen LogP contribution in [0.1, 0.15) is 37.7 Å². The van der Waals surface area contributed by atoms with Gasteiger partial charge in [-0.1, -0.05) is 0 Å². The van der Waals surface area contributed by atoms with E-state index >= 15 is 0 Å². The van der Waals surface area contributed by atoms with Crippen LogP contribution in [0, 0.1) is 13.8 Å². The van der Waals surface area contributed by atoms with E-state index < -0.39 is 23.8 Å². The molecule has 9 nitrogen and oxygen atoms in total. The van der Waals surface area contributed by atoms with E-state index in [1.54, 1.807) is 24.5 Å². The molecule has 0 bridgehead atoms. The predicted octanol–water partition coefficient (Wildman–Crippen LogP) is -1.26. The second-order valence-corrected chi connectivity index (χ2v) is 6.71. The van der Waals surface area contributed by atoms with E-state index in [2.05, 4.69) is 10.6 Å². The van der Waals surface area contributed by atoms with Crippen LogP contribution in [-0.2, 0) is 9.59 Å². The van der Waals surface area contributed by atoms with E-state index in [9.17, 15) is 29.4 Å². The van der Waals surface area contributed by atoms with Gasteiger partial charge in [0.2, 0.25) is 0 Å². The molecule has 2 amide bonds. The highest BCUT2D eigenvalue weighted by molar-refractivity contribution is 7.80. The van der Waals surface area contributed by atoms with Crippen LogP contribution in [-0.4, -0.2) is 33.4 Å². The Morgan fingerprint density at radius 1 is 0.966 bits per heavy atom. The summed E-state index contributed by atoms with van der Waals surface area (Å²) in [4.78, 5) is 46.6. The van der Waals surface area contributed by atoms with Gasteiger partial charge >= 0.3 is 0 Å². The molecule has 1 saturated heterocycles. The van der Waals surface area contributed by atoms with Crippen LogP contribution >= 0.6 is 12.2 Å². The van der Waals surface area contributed by atoms with E-state index in [0.717, 1.165) is 6.07 Å². The molecule has 1 fully saturated rings. The first-order valence-corrected chi connectivity index (χ1v) is 8.64. The maximum atomic E-state index is 12.1. The standard InChI is InChI=1S/C19H15N3O6S/c1-8-3-10(7-14-15(23)20-19(29)21-16(14)24)9(2)22(8)13-5-11(17(25)26)4-12(6-13)18(27)28/h3-7H,1-2H3,(H,25,26)(H,27,28)(H2,20,21,23,24,29)/p-2. The second kappa shape index (κ2) is 7.32. The third-order valence-electron chi connectivity index (χ3n) is 4.36. The van der Waals surface area contributed by atoms with Crippen molar-refractivity contribution in [1.29, 1.82) is 0 Å². The number of nitrogens with zero attached hydrogens (tertiary/aromatic N) is 1. The predicted molar refractivity (Wildman–Crippen MR) is 101 cm³/mol. The molecule has 3 rings (SSSR count). The number of benzene rings is 1. The average Bonchev–Trinajstić information content (AvgIpc) is 2.91. The van der Waals surface area contributed by atoms with E-state index in [0.29, 0.717) is 17.0 Å². The molecule has 0 aliphatic carbocycles. The van der Waals surface area contributed by atoms with Gasteiger partial charge in [0.05, 0.1) is 11.9 Å². The van der Waals surface area contributed by atoms with Gasteiger partial charge in [0.1, 0.15) is 5.57 Å². The van der Waals surface area contributed by atoms with Gasteiger partial charge in [-0.15, -0.1) is 0 Å². The molecule has 0 atom stereocenters. The van der Waals surface area contributed by atoms with Gasteiger partial charge in [0.15, 0.2) is 5.11 Å². The number of carboxylic acids is 2. The molecule has 0 radical (unpaired) electrons. The van der Waals surface area contributed by atoms with Crippen molar-refractivity contribution in [3.8, 4) is 5.69 Å². The fourth-order valence-corrected chi connectivity index (χ4v) is 3.25. The lowest BCUT2D eigenvalue weighted by atomic mass is 10.1. The van der Waals surface area contributed by atoms with E-state index in [1.165, 1.54) is 18.2 Å². The molecule has 1 aromatic carbocycles. The van der Waals surface area contributed by atoms with Crippen molar-refractivity contribution in [2.45, 2.75) is 13.8 Å². The molecule has 0 saturated carbocycles. The van der Waals surface area contributed by atoms with E-state index in [1.807, 2.05) is 0 Å². The lowest BCUT2D eigenvalue weighted by Crippen LogP contribution is -2.51. The SMILES string of the molecule is Cc1cc(C=C2C(=O)NC(=S)NC2=O)c(C)n1-c1cc(C(=O)[O-])cc(C(=O)[O-])c1. The second-order valence-electron chi connectivity index (χ2n) is 6.30. The van der Waals surface area contributed by atoms with Gasteiger partial charge in [0.25, 0.3) is 11.8 Å². The summed E-state index contributed by atoms with van der Waals surface area (Å²) >= 11 is 4.76. The van der Waals surface area contributed by atoms with Crippen LogP contribution in [0.2, 0.25) is 0 Å². The summed E-state index contributed by atoms with van der Waals surface area (Å²) in [5.41, 5.74) is 1.11. The smallest absolute Gasteiger partial charge is 0.263 e. The Hall–Kier alpha value is -3.79. The van der Waals surface area contributed by atoms with Crippen molar-refractivity contribution in [3.63, 3.8) is 0 Å². The Morgan fingerprint density at radius 2 is 1.48 bits per heavy atom. The maximum Gasteiger partial charge on any atom is 0.263 e. The summed E-state index contributed by atoms with van der Waals surface area (Å²) in [6, 6.07) is 5.14. The number of aromatic carboxylic acids is 2. The molecular weight excluding hydrogens is 398 g/mol. The monoisotopic (exact) mass is 411 g/mol.